The number of carbonyl (C=O) groups excluding carboxylic acids is 2. The third-order valence-electron chi connectivity index (χ3n) is 3.87. The summed E-state index contributed by atoms with van der Waals surface area (Å²) in [5.41, 5.74) is -0.279. The molecule has 12 heteroatoms. The lowest BCUT2D eigenvalue weighted by atomic mass is 9.91. The Morgan fingerprint density at radius 3 is 2.33 bits per heavy atom. The van der Waals surface area contributed by atoms with Crippen molar-refractivity contribution in [2.75, 3.05) is 6.61 Å². The van der Waals surface area contributed by atoms with E-state index >= 15 is 0 Å². The van der Waals surface area contributed by atoms with Gasteiger partial charge in [-0.3, -0.25) is 25.0 Å². The summed E-state index contributed by atoms with van der Waals surface area (Å²) >= 11 is 0. The van der Waals surface area contributed by atoms with Crippen LogP contribution < -0.4 is 10.1 Å². The highest BCUT2D eigenvalue weighted by Crippen LogP contribution is 2.33. The minimum Gasteiger partial charge on any atom is -0.451 e. The van der Waals surface area contributed by atoms with Gasteiger partial charge < -0.3 is 29.9 Å². The van der Waals surface area contributed by atoms with Gasteiger partial charge in [0.25, 0.3) is 5.69 Å². The molecule has 5 N–H and O–H groups in total. The van der Waals surface area contributed by atoms with Crippen molar-refractivity contribution in [1.82, 2.24) is 5.32 Å². The van der Waals surface area contributed by atoms with Crippen LogP contribution in [-0.2, 0) is 14.3 Å². The molecular weight excluding hydrogens is 368 g/mol. The van der Waals surface area contributed by atoms with Crippen LogP contribution in [0.5, 0.6) is 5.75 Å². The molecule has 0 bridgehead atoms. The highest BCUT2D eigenvalue weighted by molar-refractivity contribution is 5.98. The molecule has 2 rings (SSSR count). The molecular formula is C15H18N2O10. The van der Waals surface area contributed by atoms with Crippen LogP contribution in [0.25, 0.3) is 0 Å². The maximum atomic E-state index is 12.5. The molecule has 0 saturated carbocycles. The molecule has 0 aromatic heterocycles. The van der Waals surface area contributed by atoms with Crippen LogP contribution >= 0.6 is 0 Å². The lowest BCUT2D eigenvalue weighted by Crippen LogP contribution is -2.72. The summed E-state index contributed by atoms with van der Waals surface area (Å²) in [5.74, 6) is -5.03. The Kier molecular flexibility index (Phi) is 6.08. The normalized spacial score (nSPS) is 30.4. The van der Waals surface area contributed by atoms with E-state index in [1.807, 2.05) is 5.32 Å². The number of amides is 2. The summed E-state index contributed by atoms with van der Waals surface area (Å²) < 4.78 is 10.6. The number of aliphatic hydroxyl groups is 4. The highest BCUT2D eigenvalue weighted by atomic mass is 16.7. The molecule has 1 aliphatic heterocycles. The molecule has 1 saturated heterocycles. The number of nitro groups is 1. The maximum absolute atomic E-state index is 12.5. The van der Waals surface area contributed by atoms with Crippen LogP contribution in [-0.4, -0.2) is 74.0 Å². The number of ether oxygens (including phenoxy) is 2. The van der Waals surface area contributed by atoms with Gasteiger partial charge in [-0.1, -0.05) is 0 Å². The van der Waals surface area contributed by atoms with E-state index in [1.54, 1.807) is 0 Å². The van der Waals surface area contributed by atoms with E-state index in [2.05, 4.69) is 0 Å². The summed E-state index contributed by atoms with van der Waals surface area (Å²) in [4.78, 5) is 33.8. The van der Waals surface area contributed by atoms with Gasteiger partial charge in [-0.15, -0.1) is 0 Å². The summed E-state index contributed by atoms with van der Waals surface area (Å²) in [7, 11) is 0. The van der Waals surface area contributed by atoms with Crippen molar-refractivity contribution in [3.63, 3.8) is 0 Å². The number of hydrogen-bond donors (Lipinski definition) is 5. The van der Waals surface area contributed by atoms with Crippen LogP contribution in [0.4, 0.5) is 5.69 Å². The number of aliphatic hydroxyl groups excluding tert-OH is 4. The lowest BCUT2D eigenvalue weighted by molar-refractivity contribution is -0.384. The van der Waals surface area contributed by atoms with E-state index in [0.717, 1.165) is 31.2 Å². The average Bonchev–Trinajstić information content (AvgIpc) is 2.62. The lowest BCUT2D eigenvalue weighted by Gasteiger charge is -2.46. The second-order valence-electron chi connectivity index (χ2n) is 5.80. The molecule has 1 aromatic rings. The third-order valence-corrected chi connectivity index (χ3v) is 3.87. The zero-order chi connectivity index (χ0) is 20.4. The van der Waals surface area contributed by atoms with Crippen molar-refractivity contribution in [3.05, 3.63) is 34.4 Å². The molecule has 12 nitrogen and oxygen atoms in total. The largest absolute Gasteiger partial charge is 0.451 e. The van der Waals surface area contributed by atoms with Crippen molar-refractivity contribution in [2.24, 2.45) is 0 Å². The molecule has 2 amide bonds. The minimum absolute atomic E-state index is 0.182. The molecule has 1 aliphatic rings. The van der Waals surface area contributed by atoms with Gasteiger partial charge in [0.15, 0.2) is 6.10 Å². The summed E-state index contributed by atoms with van der Waals surface area (Å²) in [5, 5.41) is 52.1. The number of nitro benzene ring substituents is 1. The molecule has 148 valence electrons. The van der Waals surface area contributed by atoms with Crippen molar-refractivity contribution in [3.8, 4) is 5.75 Å². The number of nitrogens with zero attached hydrogens (tertiary/aromatic N) is 1. The molecule has 1 heterocycles. The van der Waals surface area contributed by atoms with Gasteiger partial charge >= 0.3 is 11.7 Å². The van der Waals surface area contributed by atoms with E-state index in [9.17, 15) is 40.1 Å². The molecule has 27 heavy (non-hydrogen) atoms. The molecule has 0 unspecified atom stereocenters. The number of non-ortho nitro benzene ring substituents is 1. The Balaban J connectivity index is 2.44. The Morgan fingerprint density at radius 2 is 1.85 bits per heavy atom. The van der Waals surface area contributed by atoms with Crippen LogP contribution in [0.3, 0.4) is 0 Å². The Bertz CT molecular complexity index is 722. The number of benzene rings is 1. The summed E-state index contributed by atoms with van der Waals surface area (Å²) in [6.07, 6.45) is -7.40. The van der Waals surface area contributed by atoms with E-state index in [1.165, 1.54) is 0 Å². The van der Waals surface area contributed by atoms with Gasteiger partial charge in [0.2, 0.25) is 5.91 Å². The number of hydrogen-bond acceptors (Lipinski definition) is 10. The minimum atomic E-state index is -2.71. The summed E-state index contributed by atoms with van der Waals surface area (Å²) in [6, 6.07) is 4.30. The fourth-order valence-electron chi connectivity index (χ4n) is 2.52. The first kappa shape index (κ1) is 20.7. The fraction of sp³-hybridized carbons (Fsp3) is 0.467. The quantitative estimate of drug-likeness (QED) is 0.274. The molecule has 0 spiro atoms. The average molecular weight is 386 g/mol. The predicted molar refractivity (Wildman–Crippen MR) is 85.3 cm³/mol. The summed E-state index contributed by atoms with van der Waals surface area (Å²) in [6.45, 7) is 0.158. The van der Waals surface area contributed by atoms with Crippen molar-refractivity contribution >= 4 is 17.5 Å². The Labute approximate surface area is 152 Å². The molecule has 0 radical (unpaired) electrons. The standard InChI is InChI=1S/C15H18N2O10/c1-7(19)16-14(23)15(13(22)12(21)11(20)10(6-18)27-15)26-9-4-2-8(3-5-9)17(24)25/h2-5,10-13,18,20-22H,6H2,1H3,(H,16,19,23)/t10-,11-,12+,13-,15+/m0/s1. The first-order chi connectivity index (χ1) is 12.6. The second kappa shape index (κ2) is 7.94. The first-order valence-corrected chi connectivity index (χ1v) is 7.70. The smallest absolute Gasteiger partial charge is 0.321 e. The maximum Gasteiger partial charge on any atom is 0.321 e. The van der Waals surface area contributed by atoms with Crippen LogP contribution in [0.1, 0.15) is 6.92 Å². The van der Waals surface area contributed by atoms with Gasteiger partial charge in [0.1, 0.15) is 24.1 Å². The van der Waals surface area contributed by atoms with Crippen LogP contribution in [0.2, 0.25) is 0 Å². The molecule has 0 aliphatic carbocycles. The number of rotatable bonds is 5. The van der Waals surface area contributed by atoms with Gasteiger partial charge in [0, 0.05) is 19.1 Å². The SMILES string of the molecule is CC(=O)NC(=O)[C@]1(Oc2ccc([N+](=O)[O-])cc2)O[C@@H](CO)[C@H](O)[C@@H](O)[C@@H]1O. The van der Waals surface area contributed by atoms with Gasteiger partial charge in [-0.2, -0.15) is 0 Å². The number of imide groups is 1. The monoisotopic (exact) mass is 386 g/mol. The van der Waals surface area contributed by atoms with Crippen molar-refractivity contribution in [1.29, 1.82) is 0 Å². The van der Waals surface area contributed by atoms with Gasteiger partial charge in [-0.05, 0) is 12.1 Å². The van der Waals surface area contributed by atoms with E-state index in [0.29, 0.717) is 0 Å². The molecule has 5 atom stereocenters. The zero-order valence-corrected chi connectivity index (χ0v) is 14.0. The highest BCUT2D eigenvalue weighted by Gasteiger charge is 2.60. The predicted octanol–water partition coefficient (Wildman–Crippen LogP) is -2.19. The Hall–Kier alpha value is -2.64. The van der Waals surface area contributed by atoms with E-state index < -0.39 is 53.5 Å². The van der Waals surface area contributed by atoms with Gasteiger partial charge in [-0.25, -0.2) is 0 Å². The van der Waals surface area contributed by atoms with Crippen molar-refractivity contribution in [2.45, 2.75) is 37.1 Å². The van der Waals surface area contributed by atoms with E-state index in [4.69, 9.17) is 9.47 Å². The topological polar surface area (TPSA) is 189 Å². The number of carbonyl (C=O) groups is 2. The van der Waals surface area contributed by atoms with Crippen LogP contribution in [0, 0.1) is 10.1 Å². The number of nitrogens with one attached hydrogen (secondary N) is 1. The fourth-order valence-corrected chi connectivity index (χ4v) is 2.52. The third kappa shape index (κ3) is 4.04. The Morgan fingerprint density at radius 1 is 1.26 bits per heavy atom. The first-order valence-electron chi connectivity index (χ1n) is 7.70. The van der Waals surface area contributed by atoms with Crippen molar-refractivity contribution < 1.29 is 44.4 Å². The van der Waals surface area contributed by atoms with E-state index in [-0.39, 0.29) is 11.4 Å². The second-order valence-corrected chi connectivity index (χ2v) is 5.80. The molecule has 1 aromatic carbocycles. The molecule has 1 fully saturated rings. The zero-order valence-electron chi connectivity index (χ0n) is 14.0. The van der Waals surface area contributed by atoms with Gasteiger partial charge in [0.05, 0.1) is 11.5 Å². The van der Waals surface area contributed by atoms with Crippen LogP contribution in [0.15, 0.2) is 24.3 Å².